The van der Waals surface area contributed by atoms with E-state index in [1.807, 2.05) is 24.3 Å². The topological polar surface area (TPSA) is 106 Å². The monoisotopic (exact) mass is 494 g/mol. The van der Waals surface area contributed by atoms with E-state index in [4.69, 9.17) is 21.3 Å². The number of benzene rings is 1. The average molecular weight is 495 g/mol. The number of halogens is 1. The van der Waals surface area contributed by atoms with Gasteiger partial charge in [0.1, 0.15) is 19.2 Å². The van der Waals surface area contributed by atoms with Crippen LogP contribution in [0.4, 0.5) is 5.95 Å². The van der Waals surface area contributed by atoms with Crippen molar-refractivity contribution in [1.29, 1.82) is 5.26 Å². The number of carbonyl (C=O) groups is 1. The third-order valence-electron chi connectivity index (χ3n) is 6.26. The van der Waals surface area contributed by atoms with Crippen LogP contribution in [0, 0.1) is 17.2 Å². The number of imidazole rings is 1. The van der Waals surface area contributed by atoms with Gasteiger partial charge in [0.2, 0.25) is 11.8 Å². The summed E-state index contributed by atoms with van der Waals surface area (Å²) < 4.78 is 7.86. The van der Waals surface area contributed by atoms with Gasteiger partial charge in [-0.25, -0.2) is 0 Å². The van der Waals surface area contributed by atoms with Gasteiger partial charge in [0.25, 0.3) is 5.56 Å². The van der Waals surface area contributed by atoms with Crippen molar-refractivity contribution < 1.29 is 9.53 Å². The molecule has 0 bridgehead atoms. The summed E-state index contributed by atoms with van der Waals surface area (Å²) in [5, 5.41) is 10.2. The van der Waals surface area contributed by atoms with Crippen molar-refractivity contribution in [2.45, 2.75) is 39.3 Å². The number of anilines is 1. The maximum absolute atomic E-state index is 13.7. The van der Waals surface area contributed by atoms with E-state index in [1.54, 1.807) is 10.6 Å². The van der Waals surface area contributed by atoms with Crippen LogP contribution in [0.1, 0.15) is 37.6 Å². The lowest BCUT2D eigenvalue weighted by molar-refractivity contribution is -0.143. The van der Waals surface area contributed by atoms with Gasteiger partial charge in [-0.1, -0.05) is 55.8 Å². The highest BCUT2D eigenvalue weighted by molar-refractivity contribution is 6.31. The van der Waals surface area contributed by atoms with Crippen molar-refractivity contribution in [3.63, 3.8) is 0 Å². The number of esters is 1. The van der Waals surface area contributed by atoms with E-state index in [1.165, 1.54) is 6.08 Å². The van der Waals surface area contributed by atoms with Gasteiger partial charge in [-0.15, -0.1) is 0 Å². The Labute approximate surface area is 208 Å². The summed E-state index contributed by atoms with van der Waals surface area (Å²) >= 11 is 6.45. The summed E-state index contributed by atoms with van der Waals surface area (Å²) in [6.07, 6.45) is 4.65. The average Bonchev–Trinajstić information content (AvgIpc) is 3.24. The number of aromatic nitrogens is 4. The first-order chi connectivity index (χ1) is 17.0. The summed E-state index contributed by atoms with van der Waals surface area (Å²) in [5.74, 6) is 0.274. The highest BCUT2D eigenvalue weighted by Crippen LogP contribution is 2.28. The van der Waals surface area contributed by atoms with Gasteiger partial charge in [-0.2, -0.15) is 15.2 Å². The molecule has 1 fully saturated rings. The predicted octanol–water partition coefficient (Wildman–Crippen LogP) is 3.52. The van der Waals surface area contributed by atoms with E-state index >= 15 is 0 Å². The normalized spacial score (nSPS) is 15.7. The Kier molecular flexibility index (Phi) is 7.51. The van der Waals surface area contributed by atoms with Crippen LogP contribution < -0.4 is 10.5 Å². The molecule has 1 aliphatic heterocycles. The summed E-state index contributed by atoms with van der Waals surface area (Å²) in [6.45, 7) is 7.16. The SMILES string of the molecule is C=CCOC(=O)Cn1c(C#N)nc2nc(N3CCC[C@@H](CC)C3)n(Cc3ccccc3Cl)c2c1=O. The second-order valence-corrected chi connectivity index (χ2v) is 8.94. The fraction of sp³-hybridized carbons (Fsp3) is 0.400. The molecule has 0 amide bonds. The second-order valence-electron chi connectivity index (χ2n) is 8.53. The molecule has 3 heterocycles. The van der Waals surface area contributed by atoms with E-state index in [2.05, 4.69) is 23.4 Å². The number of piperidine rings is 1. The molecule has 0 saturated carbocycles. The van der Waals surface area contributed by atoms with Gasteiger partial charge < -0.3 is 9.64 Å². The minimum atomic E-state index is -0.663. The molecule has 10 heteroatoms. The molecule has 2 aromatic heterocycles. The van der Waals surface area contributed by atoms with Gasteiger partial charge in [0, 0.05) is 18.1 Å². The third-order valence-corrected chi connectivity index (χ3v) is 6.63. The van der Waals surface area contributed by atoms with Gasteiger partial charge in [0.15, 0.2) is 11.2 Å². The molecule has 0 radical (unpaired) electrons. The lowest BCUT2D eigenvalue weighted by Gasteiger charge is -2.33. The third kappa shape index (κ3) is 5.08. The van der Waals surface area contributed by atoms with E-state index in [9.17, 15) is 14.9 Å². The molecule has 0 unspecified atom stereocenters. The largest absolute Gasteiger partial charge is 0.460 e. The molecule has 182 valence electrons. The minimum absolute atomic E-state index is 0.00723. The molecule has 1 aromatic carbocycles. The van der Waals surface area contributed by atoms with Crippen LogP contribution in [0.2, 0.25) is 5.02 Å². The molecule has 4 rings (SSSR count). The standard InChI is InChI=1S/C25H27ClN6O3/c1-3-12-35-21(33)16-31-20(13-27)28-23-22(24(31)34)32(15-18-9-5-6-10-19(18)26)25(29-23)30-11-7-8-17(4-2)14-30/h3,5-6,9-10,17H,1,4,7-8,11-12,14-16H2,2H3/t17-/m1/s1. The Morgan fingerprint density at radius 2 is 2.14 bits per heavy atom. The number of hydrogen-bond acceptors (Lipinski definition) is 7. The molecule has 3 aromatic rings. The Balaban J connectivity index is 1.88. The van der Waals surface area contributed by atoms with Crippen LogP contribution in [0.25, 0.3) is 11.2 Å². The quantitative estimate of drug-likeness (QED) is 0.348. The zero-order valence-electron chi connectivity index (χ0n) is 19.6. The molecule has 1 saturated heterocycles. The highest BCUT2D eigenvalue weighted by Gasteiger charge is 2.27. The van der Waals surface area contributed by atoms with Crippen molar-refractivity contribution in [2.24, 2.45) is 5.92 Å². The first-order valence-electron chi connectivity index (χ1n) is 11.6. The Hall–Kier alpha value is -3.64. The number of nitriles is 1. The molecule has 1 aliphatic rings. The number of hydrogen-bond donors (Lipinski definition) is 0. The molecule has 0 aliphatic carbocycles. The van der Waals surface area contributed by atoms with Crippen molar-refractivity contribution in [2.75, 3.05) is 24.6 Å². The zero-order chi connectivity index (χ0) is 24.9. The van der Waals surface area contributed by atoms with Crippen LogP contribution in [0.5, 0.6) is 0 Å². The number of fused-ring (bicyclic) bond motifs is 1. The van der Waals surface area contributed by atoms with Gasteiger partial charge in [-0.3, -0.25) is 18.7 Å². The van der Waals surface area contributed by atoms with Crippen molar-refractivity contribution in [1.82, 2.24) is 19.1 Å². The second kappa shape index (κ2) is 10.7. The maximum atomic E-state index is 13.7. The Morgan fingerprint density at radius 1 is 1.34 bits per heavy atom. The van der Waals surface area contributed by atoms with Crippen LogP contribution in [0.3, 0.4) is 0 Å². The van der Waals surface area contributed by atoms with Gasteiger partial charge in [-0.05, 0) is 30.4 Å². The number of ether oxygens (including phenoxy) is 1. The molecule has 1 atom stereocenters. The highest BCUT2D eigenvalue weighted by atomic mass is 35.5. The first kappa shape index (κ1) is 24.5. The summed E-state index contributed by atoms with van der Waals surface area (Å²) in [6, 6.07) is 9.33. The molecular formula is C25H27ClN6O3. The van der Waals surface area contributed by atoms with Crippen molar-refractivity contribution in [3.8, 4) is 6.07 Å². The van der Waals surface area contributed by atoms with Gasteiger partial charge in [0.05, 0.1) is 6.54 Å². The lowest BCUT2D eigenvalue weighted by Crippen LogP contribution is -2.37. The minimum Gasteiger partial charge on any atom is -0.460 e. The summed E-state index contributed by atoms with van der Waals surface area (Å²) in [5.41, 5.74) is 0.674. The molecule has 0 spiro atoms. The van der Waals surface area contributed by atoms with Crippen LogP contribution >= 0.6 is 11.6 Å². The van der Waals surface area contributed by atoms with Gasteiger partial charge >= 0.3 is 5.97 Å². The molecule has 35 heavy (non-hydrogen) atoms. The molecule has 0 N–H and O–H groups in total. The van der Waals surface area contributed by atoms with Crippen molar-refractivity contribution >= 4 is 34.7 Å². The smallest absolute Gasteiger partial charge is 0.326 e. The van der Waals surface area contributed by atoms with E-state index in [0.717, 1.165) is 42.5 Å². The number of rotatable bonds is 8. The fourth-order valence-corrected chi connectivity index (χ4v) is 4.62. The van der Waals surface area contributed by atoms with Crippen LogP contribution in [0.15, 0.2) is 41.7 Å². The number of carbonyl (C=O) groups excluding carboxylic acids is 1. The summed E-state index contributed by atoms with van der Waals surface area (Å²) in [7, 11) is 0. The fourth-order valence-electron chi connectivity index (χ4n) is 4.43. The molecular weight excluding hydrogens is 468 g/mol. The molecule has 9 nitrogen and oxygen atoms in total. The van der Waals surface area contributed by atoms with E-state index in [0.29, 0.717) is 23.4 Å². The Morgan fingerprint density at radius 3 is 2.86 bits per heavy atom. The van der Waals surface area contributed by atoms with E-state index in [-0.39, 0.29) is 23.6 Å². The van der Waals surface area contributed by atoms with E-state index < -0.39 is 18.1 Å². The number of nitrogens with zero attached hydrogens (tertiary/aromatic N) is 6. The predicted molar refractivity (Wildman–Crippen MR) is 133 cm³/mol. The Bertz CT molecular complexity index is 1360. The van der Waals surface area contributed by atoms with Crippen LogP contribution in [-0.2, 0) is 22.6 Å². The summed E-state index contributed by atoms with van der Waals surface area (Å²) in [4.78, 5) is 37.1. The zero-order valence-corrected chi connectivity index (χ0v) is 20.4. The van der Waals surface area contributed by atoms with Crippen LogP contribution in [-0.4, -0.2) is 44.8 Å². The lowest BCUT2D eigenvalue weighted by atomic mass is 9.96. The first-order valence-corrected chi connectivity index (χ1v) is 12.0. The van der Waals surface area contributed by atoms with Crippen molar-refractivity contribution in [3.05, 3.63) is 63.7 Å². The maximum Gasteiger partial charge on any atom is 0.326 e.